The van der Waals surface area contributed by atoms with Crippen molar-refractivity contribution in [2.24, 2.45) is 0 Å². The number of nitrogens with one attached hydrogen (secondary N) is 1. The highest BCUT2D eigenvalue weighted by Crippen LogP contribution is 2.39. The second-order valence-corrected chi connectivity index (χ2v) is 6.92. The van der Waals surface area contributed by atoms with Crippen molar-refractivity contribution in [1.82, 2.24) is 5.32 Å². The molecule has 0 heterocycles. The number of rotatable bonds is 5. The van der Waals surface area contributed by atoms with Crippen molar-refractivity contribution in [3.8, 4) is 0 Å². The lowest BCUT2D eigenvalue weighted by Crippen LogP contribution is -2.25. The molecule has 1 aromatic carbocycles. The monoisotopic (exact) mass is 380 g/mol. The maximum absolute atomic E-state index is 12.4. The highest BCUT2D eigenvalue weighted by Gasteiger charge is 2.25. The number of hydrogen-bond acceptors (Lipinski definition) is 3. The van der Waals surface area contributed by atoms with Crippen molar-refractivity contribution in [2.75, 3.05) is 6.54 Å². The Morgan fingerprint density at radius 2 is 2.04 bits per heavy atom. The molecule has 0 bridgehead atoms. The van der Waals surface area contributed by atoms with Crippen LogP contribution in [0.4, 0.5) is 5.69 Å². The van der Waals surface area contributed by atoms with E-state index in [1.54, 1.807) is 6.07 Å². The second-order valence-electron chi connectivity index (χ2n) is 6.13. The Balaban J connectivity index is 2.40. The Kier molecular flexibility index (Phi) is 5.93. The van der Waals surface area contributed by atoms with Crippen molar-refractivity contribution in [3.05, 3.63) is 50.0 Å². The molecule has 1 aliphatic rings. The molecule has 5 nitrogen and oxygen atoms in total. The summed E-state index contributed by atoms with van der Waals surface area (Å²) in [5, 5.41) is 14.0. The molecule has 0 aliphatic heterocycles. The zero-order valence-corrected chi connectivity index (χ0v) is 14.8. The van der Waals surface area contributed by atoms with Crippen molar-refractivity contribution < 1.29 is 9.72 Å². The Labute approximate surface area is 144 Å². The quantitative estimate of drug-likeness (QED) is 0.456. The molecule has 23 heavy (non-hydrogen) atoms. The molecule has 0 radical (unpaired) electrons. The van der Waals surface area contributed by atoms with Gasteiger partial charge in [0, 0.05) is 23.2 Å². The minimum Gasteiger partial charge on any atom is -0.348 e. The zero-order valence-electron chi connectivity index (χ0n) is 13.2. The largest absolute Gasteiger partial charge is 0.348 e. The Bertz CT molecular complexity index is 637. The van der Waals surface area contributed by atoms with E-state index in [0.717, 1.165) is 36.8 Å². The molecule has 1 saturated carbocycles. The first-order valence-corrected chi connectivity index (χ1v) is 8.60. The number of nitro benzene ring substituents is 1. The van der Waals surface area contributed by atoms with Gasteiger partial charge in [-0.05, 0) is 47.2 Å². The lowest BCUT2D eigenvalue weighted by molar-refractivity contribution is -0.385. The van der Waals surface area contributed by atoms with Gasteiger partial charge in [-0.15, -0.1) is 0 Å². The zero-order chi connectivity index (χ0) is 17.0. The van der Waals surface area contributed by atoms with Crippen LogP contribution in [0.25, 0.3) is 0 Å². The SMILES string of the molecule is C=C(C)CNC(=O)c1cc([N+](=O)[O-])cc(C2CCCCC2)c1Br. The molecular formula is C17H21BrN2O3. The van der Waals surface area contributed by atoms with Crippen LogP contribution >= 0.6 is 15.9 Å². The molecule has 6 heteroatoms. The van der Waals surface area contributed by atoms with Crippen LogP contribution < -0.4 is 5.32 Å². The van der Waals surface area contributed by atoms with Crippen LogP contribution in [0.5, 0.6) is 0 Å². The molecule has 1 fully saturated rings. The van der Waals surface area contributed by atoms with E-state index in [1.807, 2.05) is 6.92 Å². The number of carbonyl (C=O) groups is 1. The summed E-state index contributed by atoms with van der Waals surface area (Å²) in [6.45, 7) is 5.91. The molecule has 2 rings (SSSR count). The number of nitrogens with zero attached hydrogens (tertiary/aromatic N) is 1. The Hall–Kier alpha value is -1.69. The van der Waals surface area contributed by atoms with E-state index >= 15 is 0 Å². The maximum atomic E-state index is 12.4. The molecule has 0 saturated heterocycles. The van der Waals surface area contributed by atoms with Gasteiger partial charge < -0.3 is 5.32 Å². The van der Waals surface area contributed by atoms with Gasteiger partial charge in [0.15, 0.2) is 0 Å². The number of benzene rings is 1. The summed E-state index contributed by atoms with van der Waals surface area (Å²) < 4.78 is 0.675. The van der Waals surface area contributed by atoms with Gasteiger partial charge in [-0.2, -0.15) is 0 Å². The van der Waals surface area contributed by atoms with Crippen molar-refractivity contribution in [3.63, 3.8) is 0 Å². The second kappa shape index (κ2) is 7.73. The molecular weight excluding hydrogens is 360 g/mol. The maximum Gasteiger partial charge on any atom is 0.270 e. The summed E-state index contributed by atoms with van der Waals surface area (Å²) in [5.74, 6) is -0.0497. The van der Waals surface area contributed by atoms with E-state index in [0.29, 0.717) is 16.6 Å². The highest BCUT2D eigenvalue weighted by atomic mass is 79.9. The van der Waals surface area contributed by atoms with Crippen LogP contribution in [0.15, 0.2) is 28.8 Å². The third kappa shape index (κ3) is 4.41. The van der Waals surface area contributed by atoms with Crippen molar-refractivity contribution in [1.29, 1.82) is 0 Å². The van der Waals surface area contributed by atoms with Gasteiger partial charge in [-0.25, -0.2) is 0 Å². The number of hydrogen-bond donors (Lipinski definition) is 1. The van der Waals surface area contributed by atoms with Crippen LogP contribution in [0, 0.1) is 10.1 Å². The fraction of sp³-hybridized carbons (Fsp3) is 0.471. The van der Waals surface area contributed by atoms with Crippen molar-refractivity contribution in [2.45, 2.75) is 44.9 Å². The molecule has 0 unspecified atom stereocenters. The molecule has 1 N–H and O–H groups in total. The predicted molar refractivity (Wildman–Crippen MR) is 93.8 cm³/mol. The van der Waals surface area contributed by atoms with E-state index in [-0.39, 0.29) is 17.5 Å². The topological polar surface area (TPSA) is 72.2 Å². The number of halogens is 1. The summed E-state index contributed by atoms with van der Waals surface area (Å²) in [7, 11) is 0. The molecule has 1 aromatic rings. The summed E-state index contributed by atoms with van der Waals surface area (Å²) in [4.78, 5) is 23.2. The average Bonchev–Trinajstić information content (AvgIpc) is 2.53. The first-order valence-electron chi connectivity index (χ1n) is 7.80. The fourth-order valence-electron chi connectivity index (χ4n) is 2.94. The predicted octanol–water partition coefficient (Wildman–Crippen LogP) is 4.71. The average molecular weight is 381 g/mol. The molecule has 124 valence electrons. The minimum atomic E-state index is -0.436. The summed E-state index contributed by atoms with van der Waals surface area (Å²) >= 11 is 3.50. The third-order valence-electron chi connectivity index (χ3n) is 4.14. The number of carbonyl (C=O) groups excluding carboxylic acids is 1. The first kappa shape index (κ1) is 17.7. The summed E-state index contributed by atoms with van der Waals surface area (Å²) in [5.41, 5.74) is 1.99. The van der Waals surface area contributed by atoms with Gasteiger partial charge in [0.05, 0.1) is 10.5 Å². The normalized spacial score (nSPS) is 15.2. The fourth-order valence-corrected chi connectivity index (χ4v) is 3.67. The van der Waals surface area contributed by atoms with Crippen LogP contribution in [-0.4, -0.2) is 17.4 Å². The van der Waals surface area contributed by atoms with Gasteiger partial charge in [-0.3, -0.25) is 14.9 Å². The third-order valence-corrected chi connectivity index (χ3v) is 5.02. The number of nitro groups is 1. The smallest absolute Gasteiger partial charge is 0.270 e. The molecule has 0 atom stereocenters. The molecule has 0 spiro atoms. The number of amides is 1. The van der Waals surface area contributed by atoms with E-state index < -0.39 is 4.92 Å². The van der Waals surface area contributed by atoms with Gasteiger partial charge in [-0.1, -0.05) is 31.4 Å². The summed E-state index contributed by atoms with van der Waals surface area (Å²) in [6.07, 6.45) is 5.46. The number of non-ortho nitro benzene ring substituents is 1. The van der Waals surface area contributed by atoms with Crippen LogP contribution in [0.1, 0.15) is 60.9 Å². The van der Waals surface area contributed by atoms with Crippen LogP contribution in [0.2, 0.25) is 0 Å². The first-order chi connectivity index (χ1) is 10.9. The highest BCUT2D eigenvalue weighted by molar-refractivity contribution is 9.10. The standard InChI is InChI=1S/C17H21BrN2O3/c1-11(2)10-19-17(21)15-9-13(20(22)23)8-14(16(15)18)12-6-4-3-5-7-12/h8-9,12H,1,3-7,10H2,2H3,(H,19,21). The lowest BCUT2D eigenvalue weighted by Gasteiger charge is -2.23. The molecule has 1 aliphatic carbocycles. The van der Waals surface area contributed by atoms with Crippen LogP contribution in [0.3, 0.4) is 0 Å². The lowest BCUT2D eigenvalue weighted by atomic mass is 9.83. The van der Waals surface area contributed by atoms with Gasteiger partial charge >= 0.3 is 0 Å². The van der Waals surface area contributed by atoms with E-state index in [2.05, 4.69) is 27.8 Å². The Morgan fingerprint density at radius 1 is 1.39 bits per heavy atom. The summed E-state index contributed by atoms with van der Waals surface area (Å²) in [6, 6.07) is 2.94. The van der Waals surface area contributed by atoms with E-state index in [1.165, 1.54) is 12.5 Å². The molecule has 0 aromatic heterocycles. The van der Waals surface area contributed by atoms with Gasteiger partial charge in [0.2, 0.25) is 0 Å². The van der Waals surface area contributed by atoms with Gasteiger partial charge in [0.25, 0.3) is 11.6 Å². The van der Waals surface area contributed by atoms with E-state index in [4.69, 9.17) is 0 Å². The minimum absolute atomic E-state index is 0.0331. The van der Waals surface area contributed by atoms with Crippen molar-refractivity contribution >= 4 is 27.5 Å². The van der Waals surface area contributed by atoms with Gasteiger partial charge in [0.1, 0.15) is 0 Å². The molecule has 1 amide bonds. The Morgan fingerprint density at radius 3 is 2.61 bits per heavy atom. The van der Waals surface area contributed by atoms with E-state index in [9.17, 15) is 14.9 Å². The van der Waals surface area contributed by atoms with Crippen LogP contribution in [-0.2, 0) is 0 Å².